The zero-order chi connectivity index (χ0) is 15.2. The quantitative estimate of drug-likeness (QED) is 0.865. The molecule has 1 saturated heterocycles. The monoisotopic (exact) mass is 293 g/mol. The molecule has 1 aliphatic heterocycles. The van der Waals surface area contributed by atoms with Gasteiger partial charge in [0.05, 0.1) is 26.7 Å². The first-order valence-electron chi connectivity index (χ1n) is 7.27. The van der Waals surface area contributed by atoms with E-state index in [0.29, 0.717) is 13.2 Å². The first-order valence-corrected chi connectivity index (χ1v) is 7.27. The average molecular weight is 293 g/mol. The molecule has 1 aliphatic rings. The SMILES string of the molecule is COc1ccc(CC(CC(=O)O)N2CCOCC2)c(C)c1. The summed E-state index contributed by atoms with van der Waals surface area (Å²) in [6.45, 7) is 4.99. The van der Waals surface area contributed by atoms with E-state index in [0.717, 1.165) is 30.8 Å². The largest absolute Gasteiger partial charge is 0.497 e. The molecule has 1 N–H and O–H groups in total. The smallest absolute Gasteiger partial charge is 0.304 e. The second kappa shape index (κ2) is 7.43. The van der Waals surface area contributed by atoms with Crippen LogP contribution in [0.1, 0.15) is 17.5 Å². The molecule has 2 rings (SSSR count). The molecule has 116 valence electrons. The average Bonchev–Trinajstić information content (AvgIpc) is 2.49. The van der Waals surface area contributed by atoms with Crippen molar-refractivity contribution in [1.82, 2.24) is 4.90 Å². The molecule has 5 heteroatoms. The molecule has 0 bridgehead atoms. The molecule has 1 aromatic rings. The number of methoxy groups -OCH3 is 1. The lowest BCUT2D eigenvalue weighted by atomic mass is 9.97. The normalized spacial score (nSPS) is 17.4. The van der Waals surface area contributed by atoms with Gasteiger partial charge < -0.3 is 14.6 Å². The summed E-state index contributed by atoms with van der Waals surface area (Å²) < 4.78 is 10.6. The minimum atomic E-state index is -0.752. The van der Waals surface area contributed by atoms with Crippen LogP contribution in [-0.4, -0.2) is 55.4 Å². The van der Waals surface area contributed by atoms with Gasteiger partial charge in [-0.2, -0.15) is 0 Å². The summed E-state index contributed by atoms with van der Waals surface area (Å²) in [5, 5.41) is 9.17. The number of benzene rings is 1. The van der Waals surface area contributed by atoms with E-state index in [2.05, 4.69) is 4.90 Å². The van der Waals surface area contributed by atoms with Gasteiger partial charge >= 0.3 is 5.97 Å². The number of morpholine rings is 1. The van der Waals surface area contributed by atoms with Crippen molar-refractivity contribution in [1.29, 1.82) is 0 Å². The molecule has 0 saturated carbocycles. The van der Waals surface area contributed by atoms with Crippen LogP contribution in [0.4, 0.5) is 0 Å². The molecule has 0 aromatic heterocycles. The van der Waals surface area contributed by atoms with Gasteiger partial charge in [0, 0.05) is 19.1 Å². The Morgan fingerprint density at radius 2 is 2.14 bits per heavy atom. The summed E-state index contributed by atoms with van der Waals surface area (Å²) in [6.07, 6.45) is 0.896. The van der Waals surface area contributed by atoms with E-state index in [1.807, 2.05) is 25.1 Å². The van der Waals surface area contributed by atoms with Gasteiger partial charge in [0.15, 0.2) is 0 Å². The summed E-state index contributed by atoms with van der Waals surface area (Å²) in [5.41, 5.74) is 2.31. The zero-order valence-corrected chi connectivity index (χ0v) is 12.7. The van der Waals surface area contributed by atoms with Crippen molar-refractivity contribution in [2.75, 3.05) is 33.4 Å². The first-order chi connectivity index (χ1) is 10.1. The highest BCUT2D eigenvalue weighted by atomic mass is 16.5. The minimum Gasteiger partial charge on any atom is -0.497 e. The van der Waals surface area contributed by atoms with E-state index in [1.165, 1.54) is 5.56 Å². The number of hydrogen-bond acceptors (Lipinski definition) is 4. The summed E-state index contributed by atoms with van der Waals surface area (Å²) in [5.74, 6) is 0.0788. The Kier molecular flexibility index (Phi) is 5.59. The fourth-order valence-corrected chi connectivity index (χ4v) is 2.75. The Bertz CT molecular complexity index is 483. The highest BCUT2D eigenvalue weighted by Crippen LogP contribution is 2.21. The Morgan fingerprint density at radius 1 is 1.43 bits per heavy atom. The van der Waals surface area contributed by atoms with Gasteiger partial charge in [0.2, 0.25) is 0 Å². The number of carbonyl (C=O) groups is 1. The Labute approximate surface area is 125 Å². The Morgan fingerprint density at radius 3 is 2.71 bits per heavy atom. The molecule has 1 atom stereocenters. The molecular weight excluding hydrogens is 270 g/mol. The molecule has 0 radical (unpaired) electrons. The van der Waals surface area contributed by atoms with E-state index in [1.54, 1.807) is 7.11 Å². The van der Waals surface area contributed by atoms with Gasteiger partial charge in [-0.1, -0.05) is 6.07 Å². The Balaban J connectivity index is 2.11. The standard InChI is InChI=1S/C16H23NO4/c1-12-9-15(20-2)4-3-13(12)10-14(11-16(18)19)17-5-7-21-8-6-17/h3-4,9,14H,5-8,10-11H2,1-2H3,(H,18,19). The molecule has 21 heavy (non-hydrogen) atoms. The van der Waals surface area contributed by atoms with Crippen LogP contribution < -0.4 is 4.74 Å². The summed E-state index contributed by atoms with van der Waals surface area (Å²) >= 11 is 0. The van der Waals surface area contributed by atoms with E-state index in [4.69, 9.17) is 14.6 Å². The number of rotatable bonds is 6. The second-order valence-corrected chi connectivity index (χ2v) is 5.40. The van der Waals surface area contributed by atoms with Crippen molar-refractivity contribution in [3.63, 3.8) is 0 Å². The van der Waals surface area contributed by atoms with Crippen molar-refractivity contribution in [2.45, 2.75) is 25.8 Å². The number of aryl methyl sites for hydroxylation is 1. The Hall–Kier alpha value is -1.59. The number of carboxylic acids is 1. The van der Waals surface area contributed by atoms with Gasteiger partial charge in [-0.15, -0.1) is 0 Å². The topological polar surface area (TPSA) is 59.0 Å². The van der Waals surface area contributed by atoms with Gasteiger partial charge in [-0.05, 0) is 36.6 Å². The summed E-state index contributed by atoms with van der Waals surface area (Å²) in [6, 6.07) is 5.97. The van der Waals surface area contributed by atoms with Crippen LogP contribution in [0.5, 0.6) is 5.75 Å². The number of ether oxygens (including phenoxy) is 2. The lowest BCUT2D eigenvalue weighted by Crippen LogP contribution is -2.45. The van der Waals surface area contributed by atoms with Gasteiger partial charge in [-0.25, -0.2) is 0 Å². The van der Waals surface area contributed by atoms with Crippen molar-refractivity contribution < 1.29 is 19.4 Å². The fourth-order valence-electron chi connectivity index (χ4n) is 2.75. The van der Waals surface area contributed by atoms with Crippen molar-refractivity contribution in [2.24, 2.45) is 0 Å². The molecule has 5 nitrogen and oxygen atoms in total. The van der Waals surface area contributed by atoms with Crippen LogP contribution in [0, 0.1) is 6.92 Å². The van der Waals surface area contributed by atoms with Crippen LogP contribution in [0.3, 0.4) is 0 Å². The van der Waals surface area contributed by atoms with Crippen LogP contribution in [-0.2, 0) is 16.0 Å². The van der Waals surface area contributed by atoms with Crippen LogP contribution in [0.15, 0.2) is 18.2 Å². The second-order valence-electron chi connectivity index (χ2n) is 5.40. The molecule has 0 amide bonds. The minimum absolute atomic E-state index is 0.0125. The maximum Gasteiger partial charge on any atom is 0.304 e. The van der Waals surface area contributed by atoms with Crippen molar-refractivity contribution in [3.05, 3.63) is 29.3 Å². The lowest BCUT2D eigenvalue weighted by Gasteiger charge is -2.34. The maximum absolute atomic E-state index is 11.2. The molecule has 1 aromatic carbocycles. The van der Waals surface area contributed by atoms with Crippen molar-refractivity contribution >= 4 is 5.97 Å². The van der Waals surface area contributed by atoms with Crippen LogP contribution in [0.2, 0.25) is 0 Å². The zero-order valence-electron chi connectivity index (χ0n) is 12.7. The van der Waals surface area contributed by atoms with Crippen LogP contribution >= 0.6 is 0 Å². The highest BCUT2D eigenvalue weighted by Gasteiger charge is 2.24. The van der Waals surface area contributed by atoms with Crippen LogP contribution in [0.25, 0.3) is 0 Å². The van der Waals surface area contributed by atoms with E-state index >= 15 is 0 Å². The molecule has 1 unspecified atom stereocenters. The van der Waals surface area contributed by atoms with Gasteiger partial charge in [0.25, 0.3) is 0 Å². The summed E-state index contributed by atoms with van der Waals surface area (Å²) in [4.78, 5) is 13.4. The third kappa shape index (κ3) is 4.44. The predicted molar refractivity (Wildman–Crippen MR) is 79.9 cm³/mol. The third-order valence-electron chi connectivity index (χ3n) is 3.98. The lowest BCUT2D eigenvalue weighted by molar-refractivity contribution is -0.138. The molecular formula is C16H23NO4. The highest BCUT2D eigenvalue weighted by molar-refractivity contribution is 5.67. The van der Waals surface area contributed by atoms with Gasteiger partial charge in [0.1, 0.15) is 5.75 Å². The van der Waals surface area contributed by atoms with Crippen molar-refractivity contribution in [3.8, 4) is 5.75 Å². The predicted octanol–water partition coefficient (Wildman–Crippen LogP) is 1.72. The fraction of sp³-hybridized carbons (Fsp3) is 0.562. The number of carboxylic acid groups (broad SMARTS) is 1. The molecule has 1 fully saturated rings. The van der Waals surface area contributed by atoms with Gasteiger partial charge in [-0.3, -0.25) is 9.69 Å². The number of hydrogen-bond donors (Lipinski definition) is 1. The number of aliphatic carboxylic acids is 1. The van der Waals surface area contributed by atoms with E-state index in [9.17, 15) is 4.79 Å². The third-order valence-corrected chi connectivity index (χ3v) is 3.98. The molecule has 1 heterocycles. The molecule has 0 aliphatic carbocycles. The molecule has 0 spiro atoms. The summed E-state index contributed by atoms with van der Waals surface area (Å²) in [7, 11) is 1.65. The maximum atomic E-state index is 11.2. The first kappa shape index (κ1) is 15.8. The van der Waals surface area contributed by atoms with E-state index in [-0.39, 0.29) is 12.5 Å². The van der Waals surface area contributed by atoms with E-state index < -0.39 is 5.97 Å². The number of nitrogens with zero attached hydrogens (tertiary/aromatic N) is 1.